The summed E-state index contributed by atoms with van der Waals surface area (Å²) in [5, 5.41) is 2.72. The fraction of sp³-hybridized carbons (Fsp3) is 0.417. The molecule has 0 aliphatic carbocycles. The van der Waals surface area contributed by atoms with E-state index in [1.807, 2.05) is 31.2 Å². The number of hydrogen-bond donors (Lipinski definition) is 1. The van der Waals surface area contributed by atoms with E-state index in [0.29, 0.717) is 13.2 Å². The Morgan fingerprint density at radius 2 is 2.12 bits per heavy atom. The van der Waals surface area contributed by atoms with Gasteiger partial charge in [0.25, 0.3) is 0 Å². The molecule has 17 heavy (non-hydrogen) atoms. The van der Waals surface area contributed by atoms with Gasteiger partial charge in [-0.05, 0) is 31.2 Å². The number of carbonyl (C=O) groups excluding carboxylic acids is 1. The number of nitrogens with one attached hydrogen (secondary N) is 1. The summed E-state index contributed by atoms with van der Waals surface area (Å²) in [6.07, 6.45) is 0. The number of rotatable bonds is 6. The van der Waals surface area contributed by atoms with Gasteiger partial charge in [-0.25, -0.2) is 0 Å². The summed E-state index contributed by atoms with van der Waals surface area (Å²) in [5.74, 6) is 0.0370. The molecular weight excluding hydrogens is 302 g/mol. The summed E-state index contributed by atoms with van der Waals surface area (Å²) in [6, 6.07) is 7.93. The molecule has 94 valence electrons. The van der Waals surface area contributed by atoms with E-state index in [1.165, 1.54) is 0 Å². The van der Waals surface area contributed by atoms with Gasteiger partial charge in [-0.3, -0.25) is 4.79 Å². The molecule has 0 bridgehead atoms. The minimum Gasteiger partial charge on any atom is -0.383 e. The molecule has 1 amide bonds. The summed E-state index contributed by atoms with van der Waals surface area (Å²) in [7, 11) is 1.62. The Morgan fingerprint density at radius 1 is 1.47 bits per heavy atom. The molecule has 5 heteroatoms. The van der Waals surface area contributed by atoms with Crippen molar-refractivity contribution in [1.82, 2.24) is 5.32 Å². The second kappa shape index (κ2) is 7.74. The first kappa shape index (κ1) is 14.5. The molecule has 3 nitrogen and oxygen atoms in total. The normalized spacial score (nSPS) is 12.2. The number of hydrogen-bond acceptors (Lipinski definition) is 3. The van der Waals surface area contributed by atoms with Crippen molar-refractivity contribution in [3.8, 4) is 0 Å². The third kappa shape index (κ3) is 5.57. The Labute approximate surface area is 114 Å². The van der Waals surface area contributed by atoms with Crippen molar-refractivity contribution in [2.75, 3.05) is 20.3 Å². The molecule has 0 heterocycles. The van der Waals surface area contributed by atoms with Crippen LogP contribution in [0.5, 0.6) is 0 Å². The summed E-state index contributed by atoms with van der Waals surface area (Å²) >= 11 is 4.93. The first-order chi connectivity index (χ1) is 8.13. The van der Waals surface area contributed by atoms with Crippen LogP contribution in [0.3, 0.4) is 0 Å². The second-order valence-corrected chi connectivity index (χ2v) is 5.83. The Morgan fingerprint density at radius 3 is 2.71 bits per heavy atom. The molecule has 1 atom stereocenters. The number of thioether (sulfide) groups is 1. The second-order valence-electron chi connectivity index (χ2n) is 3.50. The van der Waals surface area contributed by atoms with Gasteiger partial charge in [0.1, 0.15) is 0 Å². The van der Waals surface area contributed by atoms with Crippen LogP contribution < -0.4 is 5.32 Å². The maximum Gasteiger partial charge on any atom is 0.233 e. The van der Waals surface area contributed by atoms with Crippen LogP contribution >= 0.6 is 27.7 Å². The Hall–Kier alpha value is -0.520. The van der Waals surface area contributed by atoms with E-state index in [2.05, 4.69) is 21.2 Å². The molecule has 1 aromatic rings. The number of benzene rings is 1. The van der Waals surface area contributed by atoms with Crippen LogP contribution in [0.25, 0.3) is 0 Å². The first-order valence-corrected chi connectivity index (χ1v) is 6.99. The highest BCUT2D eigenvalue weighted by molar-refractivity contribution is 9.10. The van der Waals surface area contributed by atoms with E-state index >= 15 is 0 Å². The zero-order valence-electron chi connectivity index (χ0n) is 9.90. The van der Waals surface area contributed by atoms with Gasteiger partial charge in [0.2, 0.25) is 5.91 Å². The average molecular weight is 318 g/mol. The van der Waals surface area contributed by atoms with Crippen molar-refractivity contribution in [2.45, 2.75) is 17.1 Å². The lowest BCUT2D eigenvalue weighted by atomic mass is 10.4. The maximum absolute atomic E-state index is 11.7. The van der Waals surface area contributed by atoms with Gasteiger partial charge in [0, 0.05) is 23.0 Å². The van der Waals surface area contributed by atoms with Crippen LogP contribution in [-0.2, 0) is 9.53 Å². The predicted molar refractivity (Wildman–Crippen MR) is 74.3 cm³/mol. The van der Waals surface area contributed by atoms with Crippen LogP contribution in [0, 0.1) is 0 Å². The zero-order valence-corrected chi connectivity index (χ0v) is 12.3. The van der Waals surface area contributed by atoms with Gasteiger partial charge in [-0.1, -0.05) is 15.9 Å². The van der Waals surface area contributed by atoms with Gasteiger partial charge in [0.15, 0.2) is 0 Å². The average Bonchev–Trinajstić information content (AvgIpc) is 2.32. The van der Waals surface area contributed by atoms with Crippen molar-refractivity contribution < 1.29 is 9.53 Å². The highest BCUT2D eigenvalue weighted by atomic mass is 79.9. The van der Waals surface area contributed by atoms with Gasteiger partial charge in [0.05, 0.1) is 11.9 Å². The molecule has 0 aliphatic heterocycles. The number of amides is 1. The summed E-state index contributed by atoms with van der Waals surface area (Å²) in [6.45, 7) is 3.00. The van der Waals surface area contributed by atoms with Crippen LogP contribution in [-0.4, -0.2) is 31.4 Å². The van der Waals surface area contributed by atoms with Gasteiger partial charge in [-0.15, -0.1) is 11.8 Å². The number of halogens is 1. The molecular formula is C12H16BrNO2S. The van der Waals surface area contributed by atoms with Crippen molar-refractivity contribution >= 4 is 33.6 Å². The van der Waals surface area contributed by atoms with E-state index < -0.39 is 0 Å². The molecule has 1 rings (SSSR count). The van der Waals surface area contributed by atoms with E-state index in [0.717, 1.165) is 9.37 Å². The minimum absolute atomic E-state index is 0.0370. The number of carbonyl (C=O) groups is 1. The molecule has 1 N–H and O–H groups in total. The fourth-order valence-corrected chi connectivity index (χ4v) is 2.35. The molecule has 0 unspecified atom stereocenters. The molecule has 0 aliphatic rings. The van der Waals surface area contributed by atoms with Gasteiger partial charge >= 0.3 is 0 Å². The zero-order chi connectivity index (χ0) is 12.7. The number of ether oxygens (including phenoxy) is 1. The van der Waals surface area contributed by atoms with Crippen LogP contribution in [0.2, 0.25) is 0 Å². The Balaban J connectivity index is 2.40. The Bertz CT molecular complexity index is 356. The highest BCUT2D eigenvalue weighted by Crippen LogP contribution is 2.24. The summed E-state index contributed by atoms with van der Waals surface area (Å²) in [5.41, 5.74) is 0. The lowest BCUT2D eigenvalue weighted by molar-refractivity contribution is -0.120. The van der Waals surface area contributed by atoms with Crippen molar-refractivity contribution in [3.63, 3.8) is 0 Å². The van der Waals surface area contributed by atoms with Crippen molar-refractivity contribution in [2.24, 2.45) is 0 Å². The van der Waals surface area contributed by atoms with Crippen molar-refractivity contribution in [3.05, 3.63) is 28.7 Å². The lowest BCUT2D eigenvalue weighted by Gasteiger charge is -2.11. The van der Waals surface area contributed by atoms with Crippen LogP contribution in [0.15, 0.2) is 33.6 Å². The minimum atomic E-state index is -0.104. The fourth-order valence-electron chi connectivity index (χ4n) is 1.19. The number of methoxy groups -OCH3 is 1. The highest BCUT2D eigenvalue weighted by Gasteiger charge is 2.13. The van der Waals surface area contributed by atoms with Crippen LogP contribution in [0.1, 0.15) is 6.92 Å². The SMILES string of the molecule is COCCNC(=O)[C@H](C)Sc1ccc(Br)cc1. The van der Waals surface area contributed by atoms with Gasteiger partial charge < -0.3 is 10.1 Å². The molecule has 0 spiro atoms. The van der Waals surface area contributed by atoms with E-state index in [9.17, 15) is 4.79 Å². The van der Waals surface area contributed by atoms with E-state index in [4.69, 9.17) is 4.74 Å². The molecule has 0 saturated carbocycles. The largest absolute Gasteiger partial charge is 0.383 e. The Kier molecular flexibility index (Phi) is 6.62. The first-order valence-electron chi connectivity index (χ1n) is 5.32. The molecule has 0 radical (unpaired) electrons. The smallest absolute Gasteiger partial charge is 0.233 e. The van der Waals surface area contributed by atoms with Crippen molar-refractivity contribution in [1.29, 1.82) is 0 Å². The standard InChI is InChI=1S/C12H16BrNO2S/c1-9(12(15)14-7-8-16-2)17-11-5-3-10(13)4-6-11/h3-6,9H,7-8H2,1-2H3,(H,14,15)/t9-/m0/s1. The van der Waals surface area contributed by atoms with Crippen LogP contribution in [0.4, 0.5) is 0 Å². The predicted octanol–water partition coefficient (Wildman–Crippen LogP) is 2.69. The van der Waals surface area contributed by atoms with E-state index in [-0.39, 0.29) is 11.2 Å². The summed E-state index contributed by atoms with van der Waals surface area (Å²) in [4.78, 5) is 12.8. The maximum atomic E-state index is 11.7. The molecule has 0 saturated heterocycles. The third-order valence-corrected chi connectivity index (χ3v) is 3.74. The summed E-state index contributed by atoms with van der Waals surface area (Å²) < 4.78 is 5.92. The molecule has 0 fully saturated rings. The molecule has 0 aromatic heterocycles. The van der Waals surface area contributed by atoms with E-state index in [1.54, 1.807) is 18.9 Å². The molecule has 1 aromatic carbocycles. The monoisotopic (exact) mass is 317 g/mol. The van der Waals surface area contributed by atoms with Gasteiger partial charge in [-0.2, -0.15) is 0 Å². The lowest BCUT2D eigenvalue weighted by Crippen LogP contribution is -2.33. The quantitative estimate of drug-likeness (QED) is 0.647. The topological polar surface area (TPSA) is 38.3 Å². The third-order valence-electron chi connectivity index (χ3n) is 2.10.